The molecule has 1 aromatic carbocycles. The molecular weight excluding hydrogens is 502 g/mol. The third-order valence-electron chi connectivity index (χ3n) is 8.18. The van der Waals surface area contributed by atoms with Gasteiger partial charge in [0.05, 0.1) is 35.8 Å². The van der Waals surface area contributed by atoms with Crippen LogP contribution in [0.2, 0.25) is 0 Å². The largest absolute Gasteiger partial charge is 0.494 e. The van der Waals surface area contributed by atoms with E-state index >= 15 is 0 Å². The summed E-state index contributed by atoms with van der Waals surface area (Å²) in [5.74, 6) is -0.668. The van der Waals surface area contributed by atoms with Gasteiger partial charge in [0.25, 0.3) is 0 Å². The van der Waals surface area contributed by atoms with Crippen LogP contribution in [-0.4, -0.2) is 69.1 Å². The maximum Gasteiger partial charge on any atom is 0.244 e. The quantitative estimate of drug-likeness (QED) is 0.369. The second kappa shape index (κ2) is 11.9. The molecule has 0 saturated carbocycles. The van der Waals surface area contributed by atoms with Crippen LogP contribution in [0, 0.1) is 17.8 Å². The average molecular weight is 546 g/mol. The Hall–Kier alpha value is -2.26. The summed E-state index contributed by atoms with van der Waals surface area (Å²) in [6.07, 6.45) is 3.88. The Kier molecular flexibility index (Phi) is 8.97. The summed E-state index contributed by atoms with van der Waals surface area (Å²) in [6.45, 7) is 10.4. The van der Waals surface area contributed by atoms with Crippen LogP contribution in [0.3, 0.4) is 0 Å². The number of anilines is 1. The molecule has 9 heteroatoms. The van der Waals surface area contributed by atoms with Crippen LogP contribution in [-0.2, 0) is 14.4 Å². The fourth-order valence-electron chi connectivity index (χ4n) is 6.76. The minimum absolute atomic E-state index is 0.0139. The van der Waals surface area contributed by atoms with Gasteiger partial charge < -0.3 is 25.4 Å². The Morgan fingerprint density at radius 3 is 2.50 bits per heavy atom. The highest BCUT2D eigenvalue weighted by Gasteiger charge is 2.74. The van der Waals surface area contributed by atoms with Gasteiger partial charge in [-0.25, -0.2) is 0 Å². The minimum atomic E-state index is -0.700. The molecule has 2 bridgehead atoms. The number of rotatable bonds is 12. The molecule has 210 valence electrons. The van der Waals surface area contributed by atoms with Gasteiger partial charge in [-0.15, -0.1) is 11.8 Å². The molecule has 3 fully saturated rings. The number of aliphatic hydroxyl groups is 1. The number of nitrogens with one attached hydrogen (secondary N) is 2. The molecule has 3 N–H and O–H groups in total. The van der Waals surface area contributed by atoms with Gasteiger partial charge in [0.2, 0.25) is 17.7 Å². The van der Waals surface area contributed by atoms with Gasteiger partial charge in [-0.3, -0.25) is 14.4 Å². The lowest BCUT2D eigenvalue weighted by Gasteiger charge is -2.38. The van der Waals surface area contributed by atoms with Crippen molar-refractivity contribution in [3.8, 4) is 5.75 Å². The summed E-state index contributed by atoms with van der Waals surface area (Å²) < 4.78 is 4.84. The van der Waals surface area contributed by atoms with E-state index in [0.29, 0.717) is 25.1 Å². The number of carbonyl (C=O) groups is 3. The smallest absolute Gasteiger partial charge is 0.244 e. The van der Waals surface area contributed by atoms with Crippen LogP contribution in [0.15, 0.2) is 24.3 Å². The maximum atomic E-state index is 14.2. The molecule has 0 aromatic heterocycles. The van der Waals surface area contributed by atoms with Crippen molar-refractivity contribution >= 4 is 35.2 Å². The van der Waals surface area contributed by atoms with E-state index in [1.165, 1.54) is 0 Å². The number of ether oxygens (including phenoxy) is 1. The Labute approximate surface area is 230 Å². The topological polar surface area (TPSA) is 108 Å². The summed E-state index contributed by atoms with van der Waals surface area (Å²) in [5.41, 5.74) is 0.651. The summed E-state index contributed by atoms with van der Waals surface area (Å²) in [7, 11) is 0. The number of fused-ring (bicyclic) bond motifs is 1. The summed E-state index contributed by atoms with van der Waals surface area (Å²) in [5, 5.41) is 16.5. The molecule has 0 aliphatic carbocycles. The van der Waals surface area contributed by atoms with Crippen molar-refractivity contribution in [2.24, 2.45) is 17.8 Å². The fourth-order valence-corrected chi connectivity index (χ4v) is 8.96. The van der Waals surface area contributed by atoms with Gasteiger partial charge in [0.15, 0.2) is 0 Å². The number of amides is 3. The number of likely N-dealkylation sites (tertiary alicyclic amines) is 1. The third-order valence-corrected chi connectivity index (χ3v) is 10.1. The predicted octanol–water partition coefficient (Wildman–Crippen LogP) is 3.83. The van der Waals surface area contributed by atoms with E-state index in [1.807, 2.05) is 39.8 Å². The molecule has 1 aromatic rings. The Balaban J connectivity index is 1.64. The normalized spacial score (nSPS) is 29.3. The summed E-state index contributed by atoms with van der Waals surface area (Å²) >= 11 is 1.65. The van der Waals surface area contributed by atoms with Crippen molar-refractivity contribution in [3.63, 3.8) is 0 Å². The zero-order valence-corrected chi connectivity index (χ0v) is 24.1. The molecule has 38 heavy (non-hydrogen) atoms. The molecule has 4 rings (SSSR count). The lowest BCUT2D eigenvalue weighted by Crippen LogP contribution is -2.57. The van der Waals surface area contributed by atoms with E-state index in [9.17, 15) is 19.5 Å². The van der Waals surface area contributed by atoms with Gasteiger partial charge in [0.1, 0.15) is 11.8 Å². The summed E-state index contributed by atoms with van der Waals surface area (Å²) in [6, 6.07) is 6.06. The molecule has 3 amide bonds. The minimum Gasteiger partial charge on any atom is -0.494 e. The molecule has 0 radical (unpaired) electrons. The highest BCUT2D eigenvalue weighted by atomic mass is 32.2. The summed E-state index contributed by atoms with van der Waals surface area (Å²) in [4.78, 5) is 43.4. The van der Waals surface area contributed by atoms with Gasteiger partial charge in [-0.1, -0.05) is 27.2 Å². The number of hydrogen-bond acceptors (Lipinski definition) is 6. The van der Waals surface area contributed by atoms with Crippen LogP contribution in [0.25, 0.3) is 0 Å². The van der Waals surface area contributed by atoms with E-state index in [0.717, 1.165) is 25.0 Å². The first-order valence-corrected chi connectivity index (χ1v) is 15.0. The van der Waals surface area contributed by atoms with Gasteiger partial charge in [0, 0.05) is 17.0 Å². The molecule has 8 nitrogen and oxygen atoms in total. The standard InChI is InChI=1S/C29H43N3O5S/c1-6-8-18(5)30-27(35)25-29-14-13-22(38-29)23(24(29)28(36)32(25)20(16-33)15-17(3)4)26(34)31-19-9-11-21(12-10-19)37-7-2/h9-12,17-18,20,22-25,33H,6-8,13-16H2,1-5H3,(H,30,35)(H,31,34)/t18?,20-,22-,23+,24+,25?,29?/m1/s1. The number of nitrogens with zero attached hydrogens (tertiary/aromatic N) is 1. The number of thioether (sulfide) groups is 1. The van der Waals surface area contributed by atoms with Crippen LogP contribution in [0.4, 0.5) is 5.69 Å². The number of hydrogen-bond donors (Lipinski definition) is 3. The Morgan fingerprint density at radius 2 is 1.89 bits per heavy atom. The van der Waals surface area contributed by atoms with Crippen LogP contribution < -0.4 is 15.4 Å². The van der Waals surface area contributed by atoms with Crippen LogP contribution in [0.1, 0.15) is 66.7 Å². The lowest BCUT2D eigenvalue weighted by molar-refractivity contribution is -0.142. The lowest BCUT2D eigenvalue weighted by atomic mass is 9.70. The van der Waals surface area contributed by atoms with Gasteiger partial charge in [-0.2, -0.15) is 0 Å². The predicted molar refractivity (Wildman–Crippen MR) is 150 cm³/mol. The Morgan fingerprint density at radius 1 is 1.18 bits per heavy atom. The van der Waals surface area contributed by atoms with E-state index in [-0.39, 0.29) is 41.5 Å². The number of benzene rings is 1. The number of aliphatic hydroxyl groups excluding tert-OH is 1. The van der Waals surface area contributed by atoms with Crippen LogP contribution in [0.5, 0.6) is 5.75 Å². The molecule has 3 saturated heterocycles. The van der Waals surface area contributed by atoms with Gasteiger partial charge >= 0.3 is 0 Å². The van der Waals surface area contributed by atoms with Crippen molar-refractivity contribution in [2.45, 2.75) is 94.8 Å². The average Bonchev–Trinajstić information content (AvgIpc) is 3.51. The molecular formula is C29H43N3O5S. The van der Waals surface area contributed by atoms with Crippen molar-refractivity contribution in [1.82, 2.24) is 10.2 Å². The first kappa shape index (κ1) is 28.7. The monoisotopic (exact) mass is 545 g/mol. The zero-order chi connectivity index (χ0) is 27.6. The second-order valence-electron chi connectivity index (χ2n) is 11.4. The van der Waals surface area contributed by atoms with Crippen molar-refractivity contribution in [2.75, 3.05) is 18.5 Å². The van der Waals surface area contributed by atoms with E-state index in [1.54, 1.807) is 28.8 Å². The number of carbonyl (C=O) groups excluding carboxylic acids is 3. The van der Waals surface area contributed by atoms with E-state index < -0.39 is 28.7 Å². The molecule has 3 aliphatic rings. The van der Waals surface area contributed by atoms with Crippen LogP contribution >= 0.6 is 11.8 Å². The fraction of sp³-hybridized carbons (Fsp3) is 0.690. The molecule has 1 spiro atoms. The second-order valence-corrected chi connectivity index (χ2v) is 13.0. The highest BCUT2D eigenvalue weighted by molar-refractivity contribution is 8.02. The van der Waals surface area contributed by atoms with Crippen molar-refractivity contribution in [1.29, 1.82) is 0 Å². The highest BCUT2D eigenvalue weighted by Crippen LogP contribution is 2.66. The molecule has 3 unspecified atom stereocenters. The first-order chi connectivity index (χ1) is 18.2. The van der Waals surface area contributed by atoms with Gasteiger partial charge in [-0.05, 0) is 69.7 Å². The molecule has 3 aliphatic heterocycles. The van der Waals surface area contributed by atoms with Crippen molar-refractivity contribution in [3.05, 3.63) is 24.3 Å². The first-order valence-electron chi connectivity index (χ1n) is 14.1. The van der Waals surface area contributed by atoms with E-state index in [2.05, 4.69) is 17.6 Å². The molecule has 3 heterocycles. The zero-order valence-electron chi connectivity index (χ0n) is 23.2. The SMILES string of the molecule is CCCC(C)NC(=O)C1N([C@@H](CO)CC(C)C)C(=O)[C@@H]2[C@@H](C(=O)Nc3ccc(OCC)cc3)[C@H]3CCC12S3. The Bertz CT molecular complexity index is 1020. The van der Waals surface area contributed by atoms with Crippen molar-refractivity contribution < 1.29 is 24.2 Å². The van der Waals surface area contributed by atoms with E-state index in [4.69, 9.17) is 4.74 Å². The molecule has 7 atom stereocenters. The maximum absolute atomic E-state index is 14.2. The third kappa shape index (κ3) is 5.28.